The molecule has 0 amide bonds. The molecule has 4 aromatic rings. The van der Waals surface area contributed by atoms with Gasteiger partial charge in [0.1, 0.15) is 4.70 Å². The van der Waals surface area contributed by atoms with E-state index in [0.29, 0.717) is 15.3 Å². The van der Waals surface area contributed by atoms with Gasteiger partial charge in [0.25, 0.3) is 5.56 Å². The first-order chi connectivity index (χ1) is 14.5. The van der Waals surface area contributed by atoms with Gasteiger partial charge in [0.05, 0.1) is 0 Å². The van der Waals surface area contributed by atoms with Crippen molar-refractivity contribution in [3.8, 4) is 16.1 Å². The number of carbonyl (C=O) groups is 1. The van der Waals surface area contributed by atoms with Crippen molar-refractivity contribution in [2.45, 2.75) is 0 Å². The highest BCUT2D eigenvalue weighted by atomic mass is 35.5. The predicted molar refractivity (Wildman–Crippen MR) is 130 cm³/mol. The van der Waals surface area contributed by atoms with Gasteiger partial charge in [-0.3, -0.25) is 14.2 Å². The Labute approximate surface area is 195 Å². The molecule has 0 spiro atoms. The van der Waals surface area contributed by atoms with Crippen LogP contribution in [0.1, 0.15) is 10.4 Å². The number of hydrogen-bond acceptors (Lipinski definition) is 4. The summed E-state index contributed by atoms with van der Waals surface area (Å²) in [6.45, 7) is 1.62. The number of likely N-dealkylation sites (tertiary alicyclic amines) is 1. The Morgan fingerprint density at radius 3 is 2.35 bits per heavy atom. The zero-order chi connectivity index (χ0) is 20.8. The molecule has 0 saturated carbocycles. The molecule has 2 aromatic heterocycles. The molecule has 0 N–H and O–H groups in total. The standard InChI is InChI=1S/C24H19ClN2O2S.ClH/c1-26-13-18(14-26)22(28)16-4-8-20(9-5-16)27-11-10-17-12-21(30-23(17)24(27)29)15-2-6-19(25)7-3-15;/h2-12,18H,13-14H2,1H3;1H. The molecule has 5 rings (SSSR count). The van der Waals surface area contributed by atoms with E-state index in [0.717, 1.165) is 34.6 Å². The first-order valence-corrected chi connectivity index (χ1v) is 10.9. The summed E-state index contributed by atoms with van der Waals surface area (Å²) >= 11 is 7.46. The summed E-state index contributed by atoms with van der Waals surface area (Å²) in [7, 11) is 2.01. The number of aromatic nitrogens is 1. The molecule has 3 heterocycles. The Morgan fingerprint density at radius 2 is 1.71 bits per heavy atom. The molecule has 158 valence electrons. The minimum atomic E-state index is -0.0580. The molecule has 0 aliphatic carbocycles. The van der Waals surface area contributed by atoms with Gasteiger partial charge in [-0.15, -0.1) is 23.7 Å². The molecule has 31 heavy (non-hydrogen) atoms. The Morgan fingerprint density at radius 1 is 1.03 bits per heavy atom. The van der Waals surface area contributed by atoms with Gasteiger partial charge in [0, 0.05) is 51.7 Å². The quantitative estimate of drug-likeness (QED) is 0.367. The van der Waals surface area contributed by atoms with Crippen LogP contribution in [0.2, 0.25) is 5.02 Å². The van der Waals surface area contributed by atoms with Gasteiger partial charge in [-0.1, -0.05) is 23.7 Å². The van der Waals surface area contributed by atoms with Crippen LogP contribution in [0.25, 0.3) is 26.2 Å². The third-order valence-corrected chi connectivity index (χ3v) is 7.01. The van der Waals surface area contributed by atoms with Gasteiger partial charge in [-0.05, 0) is 61.1 Å². The van der Waals surface area contributed by atoms with Crippen molar-refractivity contribution in [3.05, 3.63) is 87.8 Å². The van der Waals surface area contributed by atoms with Crippen LogP contribution >= 0.6 is 35.3 Å². The second kappa shape index (κ2) is 8.60. The molecule has 4 nitrogen and oxygen atoms in total. The van der Waals surface area contributed by atoms with Crippen LogP contribution < -0.4 is 5.56 Å². The predicted octanol–water partition coefficient (Wildman–Crippen LogP) is 5.54. The Balaban J connectivity index is 0.00000231. The molecule has 0 radical (unpaired) electrons. The maximum absolute atomic E-state index is 13.1. The number of ketones is 1. The second-order valence-electron chi connectivity index (χ2n) is 7.72. The highest BCUT2D eigenvalue weighted by Crippen LogP contribution is 2.32. The van der Waals surface area contributed by atoms with E-state index in [1.807, 2.05) is 67.7 Å². The van der Waals surface area contributed by atoms with Crippen molar-refractivity contribution in [2.24, 2.45) is 5.92 Å². The molecular formula is C24H20Cl2N2O2S. The average molecular weight is 471 g/mol. The highest BCUT2D eigenvalue weighted by molar-refractivity contribution is 7.22. The van der Waals surface area contributed by atoms with Crippen molar-refractivity contribution in [3.63, 3.8) is 0 Å². The Bertz CT molecular complexity index is 1300. The summed E-state index contributed by atoms with van der Waals surface area (Å²) in [5.41, 5.74) is 2.44. The third kappa shape index (κ3) is 4.06. The van der Waals surface area contributed by atoms with Gasteiger partial charge in [0.2, 0.25) is 0 Å². The van der Waals surface area contributed by atoms with Crippen LogP contribution in [0, 0.1) is 5.92 Å². The Hall–Kier alpha value is -2.44. The number of hydrogen-bond donors (Lipinski definition) is 0. The molecule has 1 saturated heterocycles. The van der Waals surface area contributed by atoms with Crippen molar-refractivity contribution in [1.82, 2.24) is 9.47 Å². The van der Waals surface area contributed by atoms with Crippen LogP contribution in [0.4, 0.5) is 0 Å². The minimum Gasteiger partial charge on any atom is -0.305 e. The van der Waals surface area contributed by atoms with E-state index in [9.17, 15) is 9.59 Å². The summed E-state index contributed by atoms with van der Waals surface area (Å²) in [6, 6.07) is 18.9. The lowest BCUT2D eigenvalue weighted by Crippen LogP contribution is -2.47. The molecule has 1 aliphatic heterocycles. The van der Waals surface area contributed by atoms with Crippen LogP contribution in [0.3, 0.4) is 0 Å². The molecular weight excluding hydrogens is 451 g/mol. The molecule has 2 aromatic carbocycles. The minimum absolute atomic E-state index is 0. The summed E-state index contributed by atoms with van der Waals surface area (Å²) < 4.78 is 2.34. The number of thiophene rings is 1. The summed E-state index contributed by atoms with van der Waals surface area (Å²) in [6.07, 6.45) is 1.79. The first-order valence-electron chi connectivity index (χ1n) is 9.74. The van der Waals surface area contributed by atoms with E-state index < -0.39 is 0 Å². The summed E-state index contributed by atoms with van der Waals surface area (Å²) in [5, 5.41) is 1.61. The molecule has 7 heteroatoms. The van der Waals surface area contributed by atoms with Crippen LogP contribution in [-0.2, 0) is 0 Å². The molecule has 0 bridgehead atoms. The monoisotopic (exact) mass is 470 g/mol. The van der Waals surface area contributed by atoms with E-state index >= 15 is 0 Å². The maximum atomic E-state index is 13.1. The highest BCUT2D eigenvalue weighted by Gasteiger charge is 2.30. The zero-order valence-corrected chi connectivity index (χ0v) is 19.1. The normalized spacial score (nSPS) is 14.3. The van der Waals surface area contributed by atoms with Gasteiger partial charge < -0.3 is 4.90 Å². The first kappa shape index (κ1) is 21.8. The maximum Gasteiger partial charge on any atom is 0.273 e. The number of carbonyl (C=O) groups excluding carboxylic acids is 1. The largest absolute Gasteiger partial charge is 0.305 e. The van der Waals surface area contributed by atoms with E-state index in [-0.39, 0.29) is 29.7 Å². The van der Waals surface area contributed by atoms with Gasteiger partial charge in [-0.2, -0.15) is 0 Å². The van der Waals surface area contributed by atoms with Crippen LogP contribution in [-0.4, -0.2) is 35.4 Å². The van der Waals surface area contributed by atoms with E-state index in [2.05, 4.69) is 4.90 Å². The molecule has 0 unspecified atom stereocenters. The van der Waals surface area contributed by atoms with Crippen LogP contribution in [0.15, 0.2) is 71.7 Å². The topological polar surface area (TPSA) is 42.3 Å². The lowest BCUT2D eigenvalue weighted by molar-refractivity contribution is 0.0702. The lowest BCUT2D eigenvalue weighted by atomic mass is 9.91. The SMILES string of the molecule is CN1CC(C(=O)c2ccc(-n3ccc4cc(-c5ccc(Cl)cc5)sc4c3=O)cc2)C1.Cl. The van der Waals surface area contributed by atoms with Crippen LogP contribution in [0.5, 0.6) is 0 Å². The fourth-order valence-electron chi connectivity index (χ4n) is 3.87. The number of nitrogens with zero attached hydrogens (tertiary/aromatic N) is 2. The molecule has 1 aliphatic rings. The number of rotatable bonds is 4. The smallest absolute Gasteiger partial charge is 0.273 e. The number of benzene rings is 2. The fraction of sp³-hybridized carbons (Fsp3) is 0.167. The number of halogens is 2. The van der Waals surface area contributed by atoms with E-state index in [4.69, 9.17) is 11.6 Å². The fourth-order valence-corrected chi connectivity index (χ4v) is 5.09. The van der Waals surface area contributed by atoms with Gasteiger partial charge >= 0.3 is 0 Å². The third-order valence-electron chi connectivity index (χ3n) is 5.57. The van der Waals surface area contributed by atoms with Gasteiger partial charge in [0.15, 0.2) is 5.78 Å². The van der Waals surface area contributed by atoms with E-state index in [1.165, 1.54) is 11.3 Å². The Kier molecular flexibility index (Phi) is 6.04. The summed E-state index contributed by atoms with van der Waals surface area (Å²) in [4.78, 5) is 28.8. The number of Topliss-reactive ketones (excluding diaryl/α,β-unsaturated/α-hetero) is 1. The summed E-state index contributed by atoms with van der Waals surface area (Å²) in [5.74, 6) is 0.255. The second-order valence-corrected chi connectivity index (χ2v) is 9.21. The number of fused-ring (bicyclic) bond motifs is 1. The lowest BCUT2D eigenvalue weighted by Gasteiger charge is -2.34. The van der Waals surface area contributed by atoms with Crippen molar-refractivity contribution in [1.29, 1.82) is 0 Å². The van der Waals surface area contributed by atoms with Crippen molar-refractivity contribution >= 4 is 51.2 Å². The number of pyridine rings is 1. The van der Waals surface area contributed by atoms with E-state index in [1.54, 1.807) is 10.8 Å². The van der Waals surface area contributed by atoms with Crippen molar-refractivity contribution in [2.75, 3.05) is 20.1 Å². The zero-order valence-electron chi connectivity index (χ0n) is 16.7. The van der Waals surface area contributed by atoms with Gasteiger partial charge in [-0.25, -0.2) is 0 Å². The van der Waals surface area contributed by atoms with Crippen molar-refractivity contribution < 1.29 is 4.79 Å². The average Bonchev–Trinajstić information content (AvgIpc) is 3.17. The molecule has 0 atom stereocenters. The molecule has 1 fully saturated rings.